The first kappa shape index (κ1) is 24.6. The van der Waals surface area contributed by atoms with E-state index >= 15 is 0 Å². The lowest BCUT2D eigenvalue weighted by molar-refractivity contribution is -0.120. The maximum Gasteiger partial charge on any atom is 0.264 e. The topological polar surface area (TPSA) is 75.7 Å². The highest BCUT2D eigenvalue weighted by Crippen LogP contribution is 2.29. The van der Waals surface area contributed by atoms with E-state index in [2.05, 4.69) is 5.32 Å². The Labute approximate surface area is 200 Å². The Balaban J connectivity index is 1.92. The van der Waals surface area contributed by atoms with Crippen molar-refractivity contribution in [2.45, 2.75) is 31.2 Å². The van der Waals surface area contributed by atoms with Gasteiger partial charge in [-0.3, -0.25) is 9.10 Å². The number of carbonyl (C=O) groups excluding carboxylic acids is 1. The molecule has 1 atom stereocenters. The summed E-state index contributed by atoms with van der Waals surface area (Å²) in [5.41, 5.74) is 1.95. The van der Waals surface area contributed by atoms with Crippen LogP contribution in [0.15, 0.2) is 77.7 Å². The van der Waals surface area contributed by atoms with Gasteiger partial charge in [0, 0.05) is 5.02 Å². The summed E-state index contributed by atoms with van der Waals surface area (Å²) in [7, 11) is -2.42. The molecule has 0 unspecified atom stereocenters. The second-order valence-electron chi connectivity index (χ2n) is 7.56. The van der Waals surface area contributed by atoms with Crippen LogP contribution in [0.4, 0.5) is 5.69 Å². The molecule has 0 spiro atoms. The zero-order valence-corrected chi connectivity index (χ0v) is 20.4. The van der Waals surface area contributed by atoms with Crippen LogP contribution in [0.2, 0.25) is 5.02 Å². The molecule has 1 N–H and O–H groups in total. The van der Waals surface area contributed by atoms with Crippen LogP contribution < -0.4 is 14.4 Å². The number of nitrogens with one attached hydrogen (secondary N) is 1. The molecule has 0 aromatic heterocycles. The minimum atomic E-state index is -4.01. The lowest BCUT2D eigenvalue weighted by Crippen LogP contribution is -2.42. The van der Waals surface area contributed by atoms with Crippen molar-refractivity contribution in [1.82, 2.24) is 5.32 Å². The molecule has 0 aliphatic carbocycles. The molecule has 3 rings (SSSR count). The Morgan fingerprint density at radius 3 is 2.33 bits per heavy atom. The van der Waals surface area contributed by atoms with Gasteiger partial charge in [-0.05, 0) is 60.9 Å². The molecule has 0 saturated heterocycles. The zero-order valence-electron chi connectivity index (χ0n) is 18.8. The molecule has 0 saturated carbocycles. The van der Waals surface area contributed by atoms with Gasteiger partial charge in [0.05, 0.1) is 23.7 Å². The van der Waals surface area contributed by atoms with E-state index in [1.165, 1.54) is 12.1 Å². The highest BCUT2D eigenvalue weighted by atomic mass is 35.5. The van der Waals surface area contributed by atoms with Gasteiger partial charge in [-0.1, -0.05) is 54.9 Å². The number of carbonyl (C=O) groups is 1. The minimum absolute atomic E-state index is 0.0966. The standard InChI is InChI=1S/C25H27ClN2O4S/c1-4-23(19-11-14-21(32-3)15-12-19)27-25(29)17-28(24-16-20(26)13-10-18(24)2)33(30,31)22-8-6-5-7-9-22/h5-16,23H,4,17H2,1-3H3,(H,27,29)/t23-/m0/s1. The summed E-state index contributed by atoms with van der Waals surface area (Å²) in [4.78, 5) is 13.2. The summed E-state index contributed by atoms with van der Waals surface area (Å²) >= 11 is 6.17. The van der Waals surface area contributed by atoms with Crippen molar-refractivity contribution in [2.24, 2.45) is 0 Å². The van der Waals surface area contributed by atoms with Gasteiger partial charge in [-0.15, -0.1) is 0 Å². The number of benzene rings is 3. The molecule has 0 aliphatic heterocycles. The van der Waals surface area contributed by atoms with Crippen LogP contribution in [-0.2, 0) is 14.8 Å². The Hall–Kier alpha value is -3.03. The number of amides is 1. The lowest BCUT2D eigenvalue weighted by Gasteiger charge is -2.27. The summed E-state index contributed by atoms with van der Waals surface area (Å²) in [6, 6.07) is 20.2. The molecule has 174 valence electrons. The van der Waals surface area contributed by atoms with Gasteiger partial charge in [-0.25, -0.2) is 8.42 Å². The smallest absolute Gasteiger partial charge is 0.264 e. The molecule has 0 heterocycles. The SMILES string of the molecule is CC[C@H](NC(=O)CN(c1cc(Cl)ccc1C)S(=O)(=O)c1ccccc1)c1ccc(OC)cc1. The van der Waals surface area contributed by atoms with Crippen LogP contribution in [0.1, 0.15) is 30.5 Å². The third-order valence-electron chi connectivity index (χ3n) is 5.32. The second kappa shape index (κ2) is 10.7. The Morgan fingerprint density at radius 2 is 1.73 bits per heavy atom. The fraction of sp³-hybridized carbons (Fsp3) is 0.240. The summed E-state index contributed by atoms with van der Waals surface area (Å²) in [5, 5.41) is 3.34. The molecule has 8 heteroatoms. The molecule has 0 fully saturated rings. The van der Waals surface area contributed by atoms with Crippen LogP contribution in [0, 0.1) is 6.92 Å². The number of nitrogens with zero attached hydrogens (tertiary/aromatic N) is 1. The van der Waals surface area contributed by atoms with E-state index < -0.39 is 15.9 Å². The average molecular weight is 487 g/mol. The van der Waals surface area contributed by atoms with E-state index in [4.69, 9.17) is 16.3 Å². The molecule has 6 nitrogen and oxygen atoms in total. The molecule has 3 aromatic rings. The van der Waals surface area contributed by atoms with Crippen molar-refractivity contribution in [3.63, 3.8) is 0 Å². The summed E-state index contributed by atoms with van der Waals surface area (Å²) in [6.45, 7) is 3.35. The number of sulfonamides is 1. The van der Waals surface area contributed by atoms with Crippen LogP contribution in [0.25, 0.3) is 0 Å². The summed E-state index contributed by atoms with van der Waals surface area (Å²) in [5.74, 6) is 0.299. The van der Waals surface area contributed by atoms with Crippen LogP contribution in [0.5, 0.6) is 5.75 Å². The van der Waals surface area contributed by atoms with Crippen molar-refractivity contribution in [2.75, 3.05) is 18.0 Å². The van der Waals surface area contributed by atoms with Crippen LogP contribution in [0.3, 0.4) is 0 Å². The van der Waals surface area contributed by atoms with Gasteiger partial charge in [0.2, 0.25) is 5.91 Å². The highest BCUT2D eigenvalue weighted by molar-refractivity contribution is 7.92. The fourth-order valence-corrected chi connectivity index (χ4v) is 5.16. The summed E-state index contributed by atoms with van der Waals surface area (Å²) in [6.07, 6.45) is 0.639. The van der Waals surface area contributed by atoms with Gasteiger partial charge in [0.25, 0.3) is 10.0 Å². The van der Waals surface area contributed by atoms with E-state index in [1.54, 1.807) is 50.4 Å². The van der Waals surface area contributed by atoms with Gasteiger partial charge in [-0.2, -0.15) is 0 Å². The highest BCUT2D eigenvalue weighted by Gasteiger charge is 2.29. The van der Waals surface area contributed by atoms with E-state index in [9.17, 15) is 13.2 Å². The van der Waals surface area contributed by atoms with Gasteiger partial charge in [0.1, 0.15) is 12.3 Å². The van der Waals surface area contributed by atoms with Gasteiger partial charge < -0.3 is 10.1 Å². The molecule has 1 amide bonds. The molecular formula is C25H27ClN2O4S. The average Bonchev–Trinajstić information content (AvgIpc) is 2.83. The van der Waals surface area contributed by atoms with E-state index in [1.807, 2.05) is 31.2 Å². The molecule has 33 heavy (non-hydrogen) atoms. The molecule has 0 radical (unpaired) electrons. The number of aryl methyl sites for hydroxylation is 1. The number of anilines is 1. The zero-order chi connectivity index (χ0) is 24.0. The number of hydrogen-bond acceptors (Lipinski definition) is 4. The summed E-state index contributed by atoms with van der Waals surface area (Å²) < 4.78 is 33.3. The third-order valence-corrected chi connectivity index (χ3v) is 7.33. The predicted octanol–water partition coefficient (Wildman–Crippen LogP) is 5.12. The molecule has 3 aromatic carbocycles. The number of hydrogen-bond donors (Lipinski definition) is 1. The molecular weight excluding hydrogens is 460 g/mol. The number of ether oxygens (including phenoxy) is 1. The monoisotopic (exact) mass is 486 g/mol. The quantitative estimate of drug-likeness (QED) is 0.455. The first-order valence-electron chi connectivity index (χ1n) is 10.5. The maximum atomic E-state index is 13.5. The van der Waals surface area contributed by atoms with Gasteiger partial charge >= 0.3 is 0 Å². The van der Waals surface area contributed by atoms with Crippen LogP contribution in [-0.4, -0.2) is 28.0 Å². The van der Waals surface area contributed by atoms with Crippen LogP contribution >= 0.6 is 11.6 Å². The second-order valence-corrected chi connectivity index (χ2v) is 9.86. The molecule has 0 aliphatic rings. The largest absolute Gasteiger partial charge is 0.497 e. The van der Waals surface area contributed by atoms with Crippen molar-refractivity contribution in [3.8, 4) is 5.75 Å². The Kier molecular flexibility index (Phi) is 8.00. The van der Waals surface area contributed by atoms with E-state index in [0.717, 1.165) is 15.6 Å². The first-order valence-corrected chi connectivity index (χ1v) is 12.3. The first-order chi connectivity index (χ1) is 15.8. The Morgan fingerprint density at radius 1 is 1.06 bits per heavy atom. The third kappa shape index (κ3) is 5.86. The number of halogens is 1. The Bertz CT molecular complexity index is 1200. The van der Waals surface area contributed by atoms with E-state index in [-0.39, 0.29) is 17.5 Å². The van der Waals surface area contributed by atoms with Gasteiger partial charge in [0.15, 0.2) is 0 Å². The van der Waals surface area contributed by atoms with Crippen molar-refractivity contribution < 1.29 is 17.9 Å². The lowest BCUT2D eigenvalue weighted by atomic mass is 10.0. The number of rotatable bonds is 9. The maximum absolute atomic E-state index is 13.5. The molecule has 0 bridgehead atoms. The number of methoxy groups -OCH3 is 1. The predicted molar refractivity (Wildman–Crippen MR) is 131 cm³/mol. The normalized spacial score (nSPS) is 12.1. The van der Waals surface area contributed by atoms with Crippen molar-refractivity contribution in [3.05, 3.63) is 88.9 Å². The van der Waals surface area contributed by atoms with E-state index in [0.29, 0.717) is 22.7 Å². The van der Waals surface area contributed by atoms with Crippen molar-refractivity contribution in [1.29, 1.82) is 0 Å². The fourth-order valence-electron chi connectivity index (χ4n) is 3.50. The minimum Gasteiger partial charge on any atom is -0.497 e. The van der Waals surface area contributed by atoms with Crippen molar-refractivity contribution >= 4 is 33.2 Å².